The van der Waals surface area contributed by atoms with Crippen LogP contribution < -0.4 is 5.32 Å². The van der Waals surface area contributed by atoms with Crippen molar-refractivity contribution in [2.45, 2.75) is 12.5 Å². The minimum atomic E-state index is -0.922. The Bertz CT molecular complexity index is 821. The number of nitrogens with one attached hydrogen (secondary N) is 1. The first-order valence-electron chi connectivity index (χ1n) is 7.17. The van der Waals surface area contributed by atoms with Gasteiger partial charge >= 0.3 is 0 Å². The molecule has 3 aromatic rings. The van der Waals surface area contributed by atoms with Crippen molar-refractivity contribution >= 4 is 23.2 Å². The second-order valence-electron chi connectivity index (χ2n) is 5.03. The zero-order valence-corrected chi connectivity index (χ0v) is 13.3. The molecule has 2 aromatic heterocycles. The van der Waals surface area contributed by atoms with Gasteiger partial charge in [-0.25, -0.2) is 14.6 Å². The highest BCUT2D eigenvalue weighted by molar-refractivity contribution is 6.30. The number of aliphatic hydroxyl groups excluding tert-OH is 1. The molecule has 0 saturated heterocycles. The van der Waals surface area contributed by atoms with E-state index in [0.717, 1.165) is 0 Å². The number of hydrogen-bond acceptors (Lipinski definition) is 5. The van der Waals surface area contributed by atoms with Crippen LogP contribution in [0.15, 0.2) is 55.2 Å². The summed E-state index contributed by atoms with van der Waals surface area (Å²) in [7, 11) is 0. The van der Waals surface area contributed by atoms with Crippen LogP contribution in [-0.4, -0.2) is 30.8 Å². The van der Waals surface area contributed by atoms with Crippen LogP contribution in [-0.2, 0) is 4.79 Å². The summed E-state index contributed by atoms with van der Waals surface area (Å²) in [4.78, 5) is 20.3. The van der Waals surface area contributed by atoms with Crippen LogP contribution >= 0.6 is 11.6 Å². The minimum Gasteiger partial charge on any atom is -0.388 e. The Morgan fingerprint density at radius 3 is 2.79 bits per heavy atom. The van der Waals surface area contributed by atoms with E-state index in [9.17, 15) is 9.90 Å². The third-order valence-electron chi connectivity index (χ3n) is 3.33. The maximum absolute atomic E-state index is 12.2. The molecule has 122 valence electrons. The molecule has 24 heavy (non-hydrogen) atoms. The van der Waals surface area contributed by atoms with Crippen LogP contribution in [0.4, 0.5) is 5.69 Å². The topological polar surface area (TPSA) is 92.9 Å². The zero-order valence-electron chi connectivity index (χ0n) is 12.5. The fraction of sp³-hybridized carbons (Fsp3) is 0.125. The summed E-state index contributed by atoms with van der Waals surface area (Å²) in [6.45, 7) is 0. The average Bonchev–Trinajstić information content (AvgIpc) is 3.10. The Kier molecular flexibility index (Phi) is 4.83. The lowest BCUT2D eigenvalue weighted by molar-refractivity contribution is -0.118. The van der Waals surface area contributed by atoms with Crippen molar-refractivity contribution in [2.24, 2.45) is 0 Å². The maximum atomic E-state index is 12.2. The number of carbonyl (C=O) groups excluding carboxylic acids is 1. The monoisotopic (exact) mass is 343 g/mol. The Balaban J connectivity index is 1.70. The zero-order chi connectivity index (χ0) is 16.9. The van der Waals surface area contributed by atoms with E-state index in [2.05, 4.69) is 20.4 Å². The third kappa shape index (κ3) is 3.76. The van der Waals surface area contributed by atoms with Gasteiger partial charge in [-0.3, -0.25) is 4.79 Å². The average molecular weight is 344 g/mol. The number of nitrogens with zero attached hydrogens (tertiary/aromatic N) is 4. The van der Waals surface area contributed by atoms with Crippen molar-refractivity contribution in [1.82, 2.24) is 19.7 Å². The van der Waals surface area contributed by atoms with Crippen molar-refractivity contribution < 1.29 is 9.90 Å². The Hall–Kier alpha value is -2.77. The molecule has 1 unspecified atom stereocenters. The number of pyridine rings is 1. The molecule has 0 saturated carbocycles. The molecule has 0 bridgehead atoms. The van der Waals surface area contributed by atoms with E-state index < -0.39 is 6.10 Å². The number of halogens is 1. The van der Waals surface area contributed by atoms with Gasteiger partial charge < -0.3 is 10.4 Å². The number of benzene rings is 1. The van der Waals surface area contributed by atoms with Gasteiger partial charge in [-0.05, 0) is 29.8 Å². The summed E-state index contributed by atoms with van der Waals surface area (Å²) in [5.74, 6) is 0.108. The summed E-state index contributed by atoms with van der Waals surface area (Å²) >= 11 is 5.81. The molecule has 0 aliphatic rings. The largest absolute Gasteiger partial charge is 0.388 e. The fourth-order valence-corrected chi connectivity index (χ4v) is 2.30. The summed E-state index contributed by atoms with van der Waals surface area (Å²) in [6, 6.07) is 10.1. The lowest BCUT2D eigenvalue weighted by Gasteiger charge is -2.13. The molecule has 0 fully saturated rings. The molecule has 1 amide bonds. The highest BCUT2D eigenvalue weighted by Gasteiger charge is 2.15. The van der Waals surface area contributed by atoms with Crippen molar-refractivity contribution in [1.29, 1.82) is 0 Å². The number of aliphatic hydroxyl groups is 1. The Morgan fingerprint density at radius 1 is 1.29 bits per heavy atom. The molecular formula is C16H14ClN5O2. The molecule has 0 aliphatic heterocycles. The van der Waals surface area contributed by atoms with Gasteiger partial charge in [-0.1, -0.05) is 23.7 Å². The van der Waals surface area contributed by atoms with Gasteiger partial charge in [0.15, 0.2) is 5.82 Å². The first-order valence-corrected chi connectivity index (χ1v) is 7.54. The van der Waals surface area contributed by atoms with E-state index >= 15 is 0 Å². The van der Waals surface area contributed by atoms with E-state index in [1.54, 1.807) is 42.6 Å². The summed E-state index contributed by atoms with van der Waals surface area (Å²) in [5.41, 5.74) is 1.11. The van der Waals surface area contributed by atoms with Crippen LogP contribution in [0, 0.1) is 0 Å². The predicted molar refractivity (Wildman–Crippen MR) is 88.8 cm³/mol. The summed E-state index contributed by atoms with van der Waals surface area (Å²) < 4.78 is 1.45. The van der Waals surface area contributed by atoms with E-state index in [-0.39, 0.29) is 12.3 Å². The Labute approximate surface area is 142 Å². The number of carbonyl (C=O) groups is 1. The maximum Gasteiger partial charge on any atom is 0.227 e. The summed E-state index contributed by atoms with van der Waals surface area (Å²) in [5, 5.41) is 17.5. The van der Waals surface area contributed by atoms with Crippen LogP contribution in [0.25, 0.3) is 5.82 Å². The highest BCUT2D eigenvalue weighted by Crippen LogP contribution is 2.21. The molecule has 2 heterocycles. The molecule has 1 atom stereocenters. The Morgan fingerprint density at radius 2 is 2.08 bits per heavy atom. The van der Waals surface area contributed by atoms with Gasteiger partial charge in [0.1, 0.15) is 12.7 Å². The number of rotatable bonds is 5. The smallest absolute Gasteiger partial charge is 0.227 e. The molecule has 7 nitrogen and oxygen atoms in total. The van der Waals surface area contributed by atoms with Gasteiger partial charge in [-0.15, -0.1) is 0 Å². The molecule has 0 radical (unpaired) electrons. The molecule has 3 rings (SSSR count). The molecule has 8 heteroatoms. The SMILES string of the molecule is O=C(CC(O)c1ccc(Cl)cc1)Nc1cccnc1-n1cncn1. The van der Waals surface area contributed by atoms with Crippen LogP contribution in [0.3, 0.4) is 0 Å². The molecular weight excluding hydrogens is 330 g/mol. The minimum absolute atomic E-state index is 0.0900. The van der Waals surface area contributed by atoms with Crippen molar-refractivity contribution in [2.75, 3.05) is 5.32 Å². The standard InChI is InChI=1S/C16H14ClN5O2/c17-12-5-3-11(4-6-12)14(23)8-15(24)21-13-2-1-7-19-16(13)22-10-18-9-20-22/h1-7,9-10,14,23H,8H2,(H,21,24). The van der Waals surface area contributed by atoms with E-state index in [1.807, 2.05) is 0 Å². The third-order valence-corrected chi connectivity index (χ3v) is 3.58. The van der Waals surface area contributed by atoms with Crippen LogP contribution in [0.1, 0.15) is 18.1 Å². The molecule has 1 aromatic carbocycles. The van der Waals surface area contributed by atoms with E-state index in [1.165, 1.54) is 17.3 Å². The number of hydrogen-bond donors (Lipinski definition) is 2. The molecule has 0 spiro atoms. The van der Waals surface area contributed by atoms with Gasteiger partial charge in [0.2, 0.25) is 5.91 Å². The van der Waals surface area contributed by atoms with Gasteiger partial charge in [0.25, 0.3) is 0 Å². The second kappa shape index (κ2) is 7.20. The lowest BCUT2D eigenvalue weighted by atomic mass is 10.1. The lowest BCUT2D eigenvalue weighted by Crippen LogP contribution is -2.17. The highest BCUT2D eigenvalue weighted by atomic mass is 35.5. The van der Waals surface area contributed by atoms with Crippen molar-refractivity contribution in [3.05, 3.63) is 65.8 Å². The molecule has 0 aliphatic carbocycles. The predicted octanol–water partition coefficient (Wildman–Crippen LogP) is 2.38. The fourth-order valence-electron chi connectivity index (χ4n) is 2.17. The van der Waals surface area contributed by atoms with Crippen molar-refractivity contribution in [3.8, 4) is 5.82 Å². The van der Waals surface area contributed by atoms with Crippen LogP contribution in [0.2, 0.25) is 5.02 Å². The number of aromatic nitrogens is 4. The first kappa shape index (κ1) is 16.1. The summed E-state index contributed by atoms with van der Waals surface area (Å²) in [6.07, 6.45) is 3.45. The van der Waals surface area contributed by atoms with Gasteiger partial charge in [0, 0.05) is 11.2 Å². The van der Waals surface area contributed by atoms with Gasteiger partial charge in [-0.2, -0.15) is 5.10 Å². The second-order valence-corrected chi connectivity index (χ2v) is 5.47. The normalized spacial score (nSPS) is 11.9. The van der Waals surface area contributed by atoms with Gasteiger partial charge in [0.05, 0.1) is 18.2 Å². The van der Waals surface area contributed by atoms with Crippen molar-refractivity contribution in [3.63, 3.8) is 0 Å². The van der Waals surface area contributed by atoms with E-state index in [0.29, 0.717) is 22.1 Å². The quantitative estimate of drug-likeness (QED) is 0.742. The van der Waals surface area contributed by atoms with E-state index in [4.69, 9.17) is 11.6 Å². The first-order chi connectivity index (χ1) is 11.6. The van der Waals surface area contributed by atoms with Crippen LogP contribution in [0.5, 0.6) is 0 Å². The number of amides is 1. The molecule has 2 N–H and O–H groups in total. The number of anilines is 1.